The van der Waals surface area contributed by atoms with Crippen LogP contribution in [0.1, 0.15) is 25.2 Å². The molecule has 168 valence electrons. The number of hydrogen-bond acceptors (Lipinski definition) is 4. The molecule has 0 saturated carbocycles. The second-order valence-electron chi connectivity index (χ2n) is 8.47. The fraction of sp³-hybridized carbons (Fsp3) is 0.111. The summed E-state index contributed by atoms with van der Waals surface area (Å²) in [5.41, 5.74) is 3.13. The molecule has 0 aliphatic rings. The van der Waals surface area contributed by atoms with E-state index in [9.17, 15) is 0 Å². The van der Waals surface area contributed by atoms with Gasteiger partial charge in [-0.25, -0.2) is 10.2 Å². The summed E-state index contributed by atoms with van der Waals surface area (Å²) in [5.74, 6) is 1.44. The SMILES string of the molecule is CC(C)(c1cccc(-n2[c-]c3ccccc3n2)n1)c1cccc(-n2[c-]c3ccccc3n2)n1.[Pd+2]. The van der Waals surface area contributed by atoms with E-state index in [-0.39, 0.29) is 20.4 Å². The van der Waals surface area contributed by atoms with Crippen molar-refractivity contribution in [2.24, 2.45) is 0 Å². The molecule has 6 aromatic rings. The van der Waals surface area contributed by atoms with Crippen LogP contribution in [0, 0.1) is 12.4 Å². The van der Waals surface area contributed by atoms with Gasteiger partial charge >= 0.3 is 20.4 Å². The zero-order valence-corrected chi connectivity index (χ0v) is 20.1. The summed E-state index contributed by atoms with van der Waals surface area (Å²) < 4.78 is 3.41. The van der Waals surface area contributed by atoms with Crippen LogP contribution >= 0.6 is 0 Å². The Morgan fingerprint density at radius 1 is 0.588 bits per heavy atom. The molecule has 0 unspecified atom stereocenters. The topological polar surface area (TPSA) is 61.4 Å². The van der Waals surface area contributed by atoms with Crippen molar-refractivity contribution in [1.29, 1.82) is 0 Å². The molecule has 6 rings (SSSR count). The van der Waals surface area contributed by atoms with Gasteiger partial charge in [-0.2, -0.15) is 0 Å². The predicted octanol–water partition coefficient (Wildman–Crippen LogP) is 5.08. The number of nitrogens with zero attached hydrogens (tertiary/aromatic N) is 6. The molecule has 0 atom stereocenters. The van der Waals surface area contributed by atoms with Gasteiger partial charge in [0.05, 0.1) is 11.6 Å². The Hall–Kier alpha value is -3.66. The summed E-state index contributed by atoms with van der Waals surface area (Å²) in [6.45, 7) is 4.25. The number of aromatic nitrogens is 6. The van der Waals surface area contributed by atoms with Gasteiger partial charge in [-0.15, -0.1) is 35.0 Å². The van der Waals surface area contributed by atoms with Gasteiger partial charge in [-0.1, -0.05) is 48.5 Å². The van der Waals surface area contributed by atoms with Gasteiger partial charge in [0.1, 0.15) is 0 Å². The smallest absolute Gasteiger partial charge is 0.311 e. The first-order valence-electron chi connectivity index (χ1n) is 10.8. The third kappa shape index (κ3) is 3.83. The van der Waals surface area contributed by atoms with Crippen LogP contribution in [0.4, 0.5) is 0 Å². The number of benzene rings is 2. The Labute approximate surface area is 210 Å². The molecule has 0 radical (unpaired) electrons. The van der Waals surface area contributed by atoms with Crippen molar-refractivity contribution in [2.75, 3.05) is 0 Å². The Morgan fingerprint density at radius 2 is 1.03 bits per heavy atom. The van der Waals surface area contributed by atoms with Crippen LogP contribution in [0.5, 0.6) is 0 Å². The van der Waals surface area contributed by atoms with E-state index in [0.29, 0.717) is 0 Å². The summed E-state index contributed by atoms with van der Waals surface area (Å²) in [4.78, 5) is 9.84. The van der Waals surface area contributed by atoms with Crippen molar-refractivity contribution in [1.82, 2.24) is 29.5 Å². The van der Waals surface area contributed by atoms with Crippen molar-refractivity contribution < 1.29 is 20.4 Å². The first-order chi connectivity index (χ1) is 16.1. The summed E-state index contributed by atoms with van der Waals surface area (Å²) in [7, 11) is 0. The van der Waals surface area contributed by atoms with E-state index in [2.05, 4.69) is 36.4 Å². The van der Waals surface area contributed by atoms with Gasteiger partial charge in [0.15, 0.2) is 0 Å². The molecule has 4 heterocycles. The number of fused-ring (bicyclic) bond motifs is 2. The van der Waals surface area contributed by atoms with E-state index in [1.165, 1.54) is 0 Å². The van der Waals surface area contributed by atoms with Crippen molar-refractivity contribution in [3.8, 4) is 11.6 Å². The van der Waals surface area contributed by atoms with Gasteiger partial charge < -0.3 is 9.36 Å². The molecule has 0 aliphatic heterocycles. The minimum Gasteiger partial charge on any atom is -0.311 e. The van der Waals surface area contributed by atoms with Crippen LogP contribution in [0.15, 0.2) is 84.9 Å². The molecule has 7 heteroatoms. The molecular formula is C27H20N6Pd. The molecule has 0 saturated heterocycles. The third-order valence-electron chi connectivity index (χ3n) is 5.86. The minimum absolute atomic E-state index is 0. The standard InChI is InChI=1S/C27H20N6.Pd/c1-27(2,23-13-7-15-25(28-23)32-17-19-9-3-5-11-21(19)30-32)24-14-8-16-26(29-24)33-18-20-10-4-6-12-22(20)31-33;/h3-16H,1-2H3;/q-2;+2. The molecular weight excluding hydrogens is 515 g/mol. The van der Waals surface area contributed by atoms with Crippen molar-refractivity contribution >= 4 is 21.8 Å². The quantitative estimate of drug-likeness (QED) is 0.234. The maximum Gasteiger partial charge on any atom is 2.00 e. The van der Waals surface area contributed by atoms with Gasteiger partial charge in [-0.05, 0) is 38.4 Å². The zero-order chi connectivity index (χ0) is 22.4. The summed E-state index contributed by atoms with van der Waals surface area (Å²) in [6, 6.07) is 27.8. The van der Waals surface area contributed by atoms with Gasteiger partial charge in [0, 0.05) is 27.8 Å². The zero-order valence-electron chi connectivity index (χ0n) is 18.6. The Morgan fingerprint density at radius 3 is 1.47 bits per heavy atom. The van der Waals surface area contributed by atoms with Gasteiger partial charge in [0.2, 0.25) is 0 Å². The monoisotopic (exact) mass is 534 g/mol. The Bertz CT molecular complexity index is 1430. The molecule has 0 spiro atoms. The minimum atomic E-state index is -0.439. The molecule has 0 aliphatic carbocycles. The van der Waals surface area contributed by atoms with Gasteiger partial charge in [0.25, 0.3) is 0 Å². The van der Waals surface area contributed by atoms with E-state index in [1.54, 1.807) is 9.36 Å². The average molecular weight is 535 g/mol. The fourth-order valence-corrected chi connectivity index (χ4v) is 3.93. The van der Waals surface area contributed by atoms with E-state index in [1.807, 2.05) is 84.9 Å². The maximum absolute atomic E-state index is 4.92. The van der Waals surface area contributed by atoms with E-state index in [0.717, 1.165) is 44.8 Å². The molecule has 0 amide bonds. The Kier molecular flexibility index (Phi) is 5.60. The van der Waals surface area contributed by atoms with Crippen LogP contribution in [0.25, 0.3) is 33.4 Å². The molecule has 6 nitrogen and oxygen atoms in total. The van der Waals surface area contributed by atoms with E-state index >= 15 is 0 Å². The molecule has 0 fully saturated rings. The second-order valence-corrected chi connectivity index (χ2v) is 8.47. The molecule has 34 heavy (non-hydrogen) atoms. The van der Waals surface area contributed by atoms with Crippen LogP contribution in [0.2, 0.25) is 0 Å². The van der Waals surface area contributed by atoms with Crippen LogP contribution in [-0.4, -0.2) is 29.5 Å². The summed E-state index contributed by atoms with van der Waals surface area (Å²) in [5, 5.41) is 11.2. The average Bonchev–Trinajstić information content (AvgIpc) is 3.49. The van der Waals surface area contributed by atoms with Crippen molar-refractivity contribution in [3.05, 3.63) is 109 Å². The largest absolute Gasteiger partial charge is 2.00 e. The number of hydrogen-bond donors (Lipinski definition) is 0. The molecule has 2 aromatic carbocycles. The van der Waals surface area contributed by atoms with Crippen LogP contribution in [-0.2, 0) is 25.8 Å². The van der Waals surface area contributed by atoms with Crippen molar-refractivity contribution in [2.45, 2.75) is 19.3 Å². The van der Waals surface area contributed by atoms with Crippen LogP contribution < -0.4 is 0 Å². The van der Waals surface area contributed by atoms with E-state index < -0.39 is 5.41 Å². The molecule has 0 N–H and O–H groups in total. The second kappa shape index (κ2) is 8.60. The summed E-state index contributed by atoms with van der Waals surface area (Å²) in [6.07, 6.45) is 6.57. The number of pyridine rings is 2. The number of rotatable bonds is 4. The van der Waals surface area contributed by atoms with Gasteiger partial charge in [-0.3, -0.25) is 9.97 Å². The van der Waals surface area contributed by atoms with Crippen molar-refractivity contribution in [3.63, 3.8) is 0 Å². The first kappa shape index (κ1) is 22.2. The predicted molar refractivity (Wildman–Crippen MR) is 128 cm³/mol. The third-order valence-corrected chi connectivity index (χ3v) is 5.86. The molecule has 4 aromatic heterocycles. The first-order valence-corrected chi connectivity index (χ1v) is 10.8. The maximum atomic E-state index is 4.92. The van der Waals surface area contributed by atoms with Crippen LogP contribution in [0.3, 0.4) is 0 Å². The fourth-order valence-electron chi connectivity index (χ4n) is 3.93. The molecule has 0 bridgehead atoms. The normalized spacial score (nSPS) is 11.6. The summed E-state index contributed by atoms with van der Waals surface area (Å²) >= 11 is 0. The van der Waals surface area contributed by atoms with E-state index in [4.69, 9.17) is 9.97 Å². The Balaban J connectivity index is 0.00000241.